The molecular weight excluding hydrogens is 411 g/mol. The van der Waals surface area contributed by atoms with E-state index >= 15 is 0 Å². The highest BCUT2D eigenvalue weighted by molar-refractivity contribution is 5.93. The highest BCUT2D eigenvalue weighted by Crippen LogP contribution is 2.28. The van der Waals surface area contributed by atoms with Gasteiger partial charge in [-0.2, -0.15) is 14.9 Å². The summed E-state index contributed by atoms with van der Waals surface area (Å²) in [6.07, 6.45) is 1.65. The molecule has 1 saturated heterocycles. The molecule has 2 aromatic heterocycles. The Bertz CT molecular complexity index is 1240. The molecule has 0 radical (unpaired) electrons. The number of para-hydroxylation sites is 1. The van der Waals surface area contributed by atoms with Crippen molar-refractivity contribution >= 4 is 5.91 Å². The van der Waals surface area contributed by atoms with Crippen LogP contribution >= 0.6 is 0 Å². The number of benzene rings is 2. The smallest absolute Gasteiger partial charge is 0.276 e. The molecule has 32 heavy (non-hydrogen) atoms. The van der Waals surface area contributed by atoms with Gasteiger partial charge < -0.3 is 9.42 Å². The van der Waals surface area contributed by atoms with Crippen molar-refractivity contribution in [2.45, 2.75) is 25.7 Å². The topological polar surface area (TPSA) is 89.9 Å². The molecule has 0 saturated carbocycles. The van der Waals surface area contributed by atoms with E-state index in [1.54, 1.807) is 24.0 Å². The Morgan fingerprint density at radius 2 is 1.88 bits per heavy atom. The Hall–Kier alpha value is -3.88. The van der Waals surface area contributed by atoms with Crippen molar-refractivity contribution in [3.8, 4) is 17.1 Å². The van der Waals surface area contributed by atoms with Crippen molar-refractivity contribution in [1.29, 1.82) is 0 Å². The SMILES string of the molecule is Cc1nn(-c2ccccc2)nc1C(=O)N1CCCC(c2nc(-c3ccc(F)cc3)no2)C1. The van der Waals surface area contributed by atoms with Gasteiger partial charge in [0.15, 0.2) is 5.69 Å². The Labute approximate surface area is 183 Å². The molecule has 1 unspecified atom stereocenters. The van der Waals surface area contributed by atoms with Crippen molar-refractivity contribution in [3.63, 3.8) is 0 Å². The van der Waals surface area contributed by atoms with Crippen molar-refractivity contribution in [3.05, 3.63) is 77.7 Å². The lowest BCUT2D eigenvalue weighted by Gasteiger charge is -2.30. The van der Waals surface area contributed by atoms with E-state index in [4.69, 9.17) is 4.52 Å². The summed E-state index contributed by atoms with van der Waals surface area (Å²) in [5.74, 6) is 0.335. The Morgan fingerprint density at radius 3 is 2.66 bits per heavy atom. The van der Waals surface area contributed by atoms with Crippen LogP contribution in [0.4, 0.5) is 4.39 Å². The van der Waals surface area contributed by atoms with Gasteiger partial charge in [0.25, 0.3) is 5.91 Å². The zero-order valence-electron chi connectivity index (χ0n) is 17.5. The van der Waals surface area contributed by atoms with E-state index in [0.29, 0.717) is 41.8 Å². The molecule has 2 aromatic carbocycles. The number of aryl methyl sites for hydroxylation is 1. The van der Waals surface area contributed by atoms with Crippen molar-refractivity contribution in [2.75, 3.05) is 13.1 Å². The Balaban J connectivity index is 1.33. The average Bonchev–Trinajstić information content (AvgIpc) is 3.47. The molecule has 1 amide bonds. The number of hydrogen-bond acceptors (Lipinski definition) is 6. The number of nitrogens with zero attached hydrogens (tertiary/aromatic N) is 6. The van der Waals surface area contributed by atoms with Crippen molar-refractivity contribution in [2.24, 2.45) is 0 Å². The Kier molecular flexibility index (Phi) is 5.22. The van der Waals surface area contributed by atoms with Gasteiger partial charge in [-0.25, -0.2) is 4.39 Å². The standard InChI is InChI=1S/C23H21FN6O2/c1-15-20(27-30(26-15)19-7-3-2-4-8-19)23(31)29-13-5-6-17(14-29)22-25-21(28-32-22)16-9-11-18(24)12-10-16/h2-4,7-12,17H,5-6,13-14H2,1H3. The van der Waals surface area contributed by atoms with E-state index in [2.05, 4.69) is 20.3 Å². The lowest BCUT2D eigenvalue weighted by atomic mass is 9.97. The van der Waals surface area contributed by atoms with Crippen LogP contribution in [-0.2, 0) is 0 Å². The molecule has 0 spiro atoms. The van der Waals surface area contributed by atoms with Crippen LogP contribution in [0.5, 0.6) is 0 Å². The van der Waals surface area contributed by atoms with Crippen molar-refractivity contribution in [1.82, 2.24) is 30.0 Å². The lowest BCUT2D eigenvalue weighted by molar-refractivity contribution is 0.0688. The summed E-state index contributed by atoms with van der Waals surface area (Å²) in [4.78, 5) is 20.9. The third-order valence-corrected chi connectivity index (χ3v) is 5.57. The second-order valence-electron chi connectivity index (χ2n) is 7.81. The minimum absolute atomic E-state index is 0.0705. The molecule has 0 N–H and O–H groups in total. The first-order valence-corrected chi connectivity index (χ1v) is 10.5. The number of carbonyl (C=O) groups excluding carboxylic acids is 1. The van der Waals surface area contributed by atoms with Gasteiger partial charge in [0, 0.05) is 18.7 Å². The maximum Gasteiger partial charge on any atom is 0.276 e. The molecule has 1 aliphatic rings. The van der Waals surface area contributed by atoms with Gasteiger partial charge in [0.1, 0.15) is 5.82 Å². The third kappa shape index (κ3) is 3.89. The van der Waals surface area contributed by atoms with Gasteiger partial charge >= 0.3 is 0 Å². The molecule has 5 rings (SSSR count). The maximum absolute atomic E-state index is 13.2. The van der Waals surface area contributed by atoms with Crippen LogP contribution in [0.2, 0.25) is 0 Å². The van der Waals surface area contributed by atoms with Crippen LogP contribution in [0.15, 0.2) is 59.1 Å². The number of amides is 1. The fourth-order valence-corrected chi connectivity index (χ4v) is 3.88. The summed E-state index contributed by atoms with van der Waals surface area (Å²) in [7, 11) is 0. The molecular formula is C23H21FN6O2. The molecule has 1 aliphatic heterocycles. The fraction of sp³-hybridized carbons (Fsp3) is 0.261. The minimum atomic E-state index is -0.321. The molecule has 1 atom stereocenters. The molecule has 9 heteroatoms. The van der Waals surface area contributed by atoms with Crippen LogP contribution in [0.1, 0.15) is 40.8 Å². The first-order valence-electron chi connectivity index (χ1n) is 10.5. The summed E-state index contributed by atoms with van der Waals surface area (Å²) >= 11 is 0. The summed E-state index contributed by atoms with van der Waals surface area (Å²) in [5.41, 5.74) is 2.40. The van der Waals surface area contributed by atoms with Gasteiger partial charge in [-0.3, -0.25) is 4.79 Å². The van der Waals surface area contributed by atoms with E-state index in [-0.39, 0.29) is 17.6 Å². The predicted octanol–water partition coefficient (Wildman–Crippen LogP) is 3.78. The second kappa shape index (κ2) is 8.33. The molecule has 0 bridgehead atoms. The van der Waals surface area contributed by atoms with Crippen LogP contribution in [0.25, 0.3) is 17.1 Å². The molecule has 4 aromatic rings. The number of rotatable bonds is 4. The van der Waals surface area contributed by atoms with E-state index in [9.17, 15) is 9.18 Å². The lowest BCUT2D eigenvalue weighted by Crippen LogP contribution is -2.39. The number of carbonyl (C=O) groups is 1. The summed E-state index contributed by atoms with van der Waals surface area (Å²) < 4.78 is 18.7. The van der Waals surface area contributed by atoms with Gasteiger partial charge in [-0.05, 0) is 56.2 Å². The van der Waals surface area contributed by atoms with E-state index < -0.39 is 0 Å². The highest BCUT2D eigenvalue weighted by Gasteiger charge is 2.31. The van der Waals surface area contributed by atoms with Gasteiger partial charge in [-0.1, -0.05) is 23.4 Å². The van der Waals surface area contributed by atoms with Gasteiger partial charge in [-0.15, -0.1) is 5.10 Å². The van der Waals surface area contributed by atoms with Crippen molar-refractivity contribution < 1.29 is 13.7 Å². The minimum Gasteiger partial charge on any atom is -0.339 e. The third-order valence-electron chi connectivity index (χ3n) is 5.57. The number of hydrogen-bond donors (Lipinski definition) is 0. The zero-order chi connectivity index (χ0) is 22.1. The highest BCUT2D eigenvalue weighted by atomic mass is 19.1. The quantitative estimate of drug-likeness (QED) is 0.487. The zero-order valence-corrected chi connectivity index (χ0v) is 17.5. The molecule has 8 nitrogen and oxygen atoms in total. The number of aromatic nitrogens is 5. The van der Waals surface area contributed by atoms with Gasteiger partial charge in [0.2, 0.25) is 11.7 Å². The molecule has 0 aliphatic carbocycles. The predicted molar refractivity (Wildman–Crippen MR) is 114 cm³/mol. The maximum atomic E-state index is 13.2. The largest absolute Gasteiger partial charge is 0.339 e. The second-order valence-corrected chi connectivity index (χ2v) is 7.81. The Morgan fingerprint density at radius 1 is 1.09 bits per heavy atom. The molecule has 3 heterocycles. The number of piperidine rings is 1. The first kappa shape index (κ1) is 20.0. The summed E-state index contributed by atoms with van der Waals surface area (Å²) in [5, 5.41) is 12.9. The van der Waals surface area contributed by atoms with Gasteiger partial charge in [0.05, 0.1) is 17.3 Å². The summed E-state index contributed by atoms with van der Waals surface area (Å²) in [6.45, 7) is 2.88. The van der Waals surface area contributed by atoms with Crippen LogP contribution in [0.3, 0.4) is 0 Å². The average molecular weight is 432 g/mol. The number of likely N-dealkylation sites (tertiary alicyclic amines) is 1. The van der Waals surface area contributed by atoms with Crippen LogP contribution < -0.4 is 0 Å². The van der Waals surface area contributed by atoms with E-state index in [1.165, 1.54) is 16.9 Å². The molecule has 1 fully saturated rings. The van der Waals surface area contributed by atoms with E-state index in [1.807, 2.05) is 30.3 Å². The summed E-state index contributed by atoms with van der Waals surface area (Å²) in [6, 6.07) is 15.4. The fourth-order valence-electron chi connectivity index (χ4n) is 3.88. The first-order chi connectivity index (χ1) is 15.6. The molecule has 162 valence electrons. The van der Waals surface area contributed by atoms with Crippen LogP contribution in [-0.4, -0.2) is 49.0 Å². The van der Waals surface area contributed by atoms with Crippen LogP contribution in [0, 0.1) is 12.7 Å². The monoisotopic (exact) mass is 432 g/mol. The normalized spacial score (nSPS) is 16.3. The van der Waals surface area contributed by atoms with E-state index in [0.717, 1.165) is 18.5 Å². The number of halogens is 1.